The fraction of sp³-hybridized carbons (Fsp3) is 0.429. The molecular weight excluding hydrogens is 402 g/mol. The Morgan fingerprint density at radius 2 is 1.90 bits per heavy atom. The maximum absolute atomic E-state index is 12.3. The number of halogens is 1. The molecule has 0 bridgehead atoms. The van der Waals surface area contributed by atoms with E-state index in [2.05, 4.69) is 15.3 Å². The Morgan fingerprint density at radius 3 is 2.57 bits per heavy atom. The highest BCUT2D eigenvalue weighted by Gasteiger charge is 2.25. The molecule has 30 heavy (non-hydrogen) atoms. The lowest BCUT2D eigenvalue weighted by atomic mass is 10.2. The fourth-order valence-electron chi connectivity index (χ4n) is 3.60. The molecule has 2 aromatic heterocycles. The molecule has 3 aromatic rings. The highest BCUT2D eigenvalue weighted by molar-refractivity contribution is 6.32. The van der Waals surface area contributed by atoms with Crippen LogP contribution in [0.25, 0.3) is 16.7 Å². The SMILES string of the molecule is CCc1nc(N2CCN(C(=O)NC(C)C)CC2)c2cnn(-c3ccccc3Cl)c2n1. The Hall–Kier alpha value is -2.87. The number of carbonyl (C=O) groups is 1. The number of anilines is 1. The van der Waals surface area contributed by atoms with Gasteiger partial charge in [-0.05, 0) is 26.0 Å². The van der Waals surface area contributed by atoms with E-state index in [1.165, 1.54) is 0 Å². The molecule has 0 spiro atoms. The quantitative estimate of drug-likeness (QED) is 0.691. The molecule has 0 saturated carbocycles. The summed E-state index contributed by atoms with van der Waals surface area (Å²) in [6.07, 6.45) is 2.51. The maximum atomic E-state index is 12.3. The number of para-hydroxylation sites is 1. The summed E-state index contributed by atoms with van der Waals surface area (Å²) in [6, 6.07) is 7.70. The van der Waals surface area contributed by atoms with E-state index in [9.17, 15) is 4.79 Å². The van der Waals surface area contributed by atoms with E-state index in [0.29, 0.717) is 37.6 Å². The first-order valence-corrected chi connectivity index (χ1v) is 10.7. The average Bonchev–Trinajstić information content (AvgIpc) is 3.16. The normalized spacial score (nSPS) is 14.6. The molecule has 0 unspecified atom stereocenters. The molecule has 0 radical (unpaired) electrons. The Labute approximate surface area is 180 Å². The van der Waals surface area contributed by atoms with Crippen molar-refractivity contribution in [2.45, 2.75) is 33.2 Å². The fourth-order valence-corrected chi connectivity index (χ4v) is 3.81. The van der Waals surface area contributed by atoms with Gasteiger partial charge in [0.2, 0.25) is 0 Å². The second kappa shape index (κ2) is 8.47. The number of aromatic nitrogens is 4. The Kier molecular flexibility index (Phi) is 5.76. The summed E-state index contributed by atoms with van der Waals surface area (Å²) < 4.78 is 1.77. The number of nitrogens with one attached hydrogen (secondary N) is 1. The lowest BCUT2D eigenvalue weighted by Gasteiger charge is -2.36. The van der Waals surface area contributed by atoms with Gasteiger partial charge in [-0.2, -0.15) is 5.10 Å². The molecule has 1 aliphatic heterocycles. The van der Waals surface area contributed by atoms with Crippen molar-refractivity contribution in [3.8, 4) is 5.69 Å². The molecule has 3 heterocycles. The van der Waals surface area contributed by atoms with Crippen LogP contribution in [0.1, 0.15) is 26.6 Å². The number of aryl methyl sites for hydroxylation is 1. The number of rotatable bonds is 4. The molecule has 9 heteroatoms. The van der Waals surface area contributed by atoms with Crippen LogP contribution in [0, 0.1) is 0 Å². The second-order valence-electron chi connectivity index (χ2n) is 7.64. The van der Waals surface area contributed by atoms with Crippen molar-refractivity contribution in [2.75, 3.05) is 31.1 Å². The summed E-state index contributed by atoms with van der Waals surface area (Å²) in [5.41, 5.74) is 1.53. The van der Waals surface area contributed by atoms with Gasteiger partial charge in [0.05, 0.1) is 22.3 Å². The molecule has 158 valence electrons. The third-order valence-corrected chi connectivity index (χ3v) is 5.45. The number of fused-ring (bicyclic) bond motifs is 1. The molecule has 0 aliphatic carbocycles. The minimum atomic E-state index is -0.0155. The molecular formula is C21H26ClN7O. The highest BCUT2D eigenvalue weighted by Crippen LogP contribution is 2.29. The van der Waals surface area contributed by atoms with Gasteiger partial charge in [0.1, 0.15) is 11.6 Å². The van der Waals surface area contributed by atoms with Crippen molar-refractivity contribution in [2.24, 2.45) is 0 Å². The molecule has 1 aliphatic rings. The van der Waals surface area contributed by atoms with Crippen LogP contribution in [0.5, 0.6) is 0 Å². The third kappa shape index (κ3) is 3.92. The second-order valence-corrected chi connectivity index (χ2v) is 8.05. The third-order valence-electron chi connectivity index (χ3n) is 5.13. The van der Waals surface area contributed by atoms with Crippen LogP contribution in [-0.2, 0) is 6.42 Å². The number of carbonyl (C=O) groups excluding carboxylic acids is 1. The molecule has 1 aromatic carbocycles. The average molecular weight is 428 g/mol. The van der Waals surface area contributed by atoms with Crippen molar-refractivity contribution in [3.63, 3.8) is 0 Å². The van der Waals surface area contributed by atoms with E-state index in [4.69, 9.17) is 21.6 Å². The van der Waals surface area contributed by atoms with Crippen LogP contribution < -0.4 is 10.2 Å². The molecule has 1 fully saturated rings. The summed E-state index contributed by atoms with van der Waals surface area (Å²) >= 11 is 6.40. The van der Waals surface area contributed by atoms with E-state index in [1.807, 2.05) is 49.9 Å². The Morgan fingerprint density at radius 1 is 1.17 bits per heavy atom. The van der Waals surface area contributed by atoms with Crippen LogP contribution in [0.15, 0.2) is 30.5 Å². The summed E-state index contributed by atoms with van der Waals surface area (Å²) in [4.78, 5) is 25.9. The van der Waals surface area contributed by atoms with Gasteiger partial charge in [-0.1, -0.05) is 30.7 Å². The largest absolute Gasteiger partial charge is 0.352 e. The van der Waals surface area contributed by atoms with Gasteiger partial charge in [0.25, 0.3) is 0 Å². The first-order chi connectivity index (χ1) is 14.5. The highest BCUT2D eigenvalue weighted by atomic mass is 35.5. The predicted octanol–water partition coefficient (Wildman–Crippen LogP) is 3.27. The van der Waals surface area contributed by atoms with Crippen LogP contribution in [0.4, 0.5) is 10.6 Å². The van der Waals surface area contributed by atoms with Gasteiger partial charge in [0, 0.05) is 38.6 Å². The number of piperazine rings is 1. The number of hydrogen-bond acceptors (Lipinski definition) is 5. The lowest BCUT2D eigenvalue weighted by molar-refractivity contribution is 0.192. The van der Waals surface area contributed by atoms with Crippen LogP contribution in [-0.4, -0.2) is 62.9 Å². The van der Waals surface area contributed by atoms with Crippen molar-refractivity contribution in [1.82, 2.24) is 30.0 Å². The van der Waals surface area contributed by atoms with E-state index in [0.717, 1.165) is 28.4 Å². The van der Waals surface area contributed by atoms with Crippen LogP contribution in [0.3, 0.4) is 0 Å². The lowest BCUT2D eigenvalue weighted by Crippen LogP contribution is -2.53. The van der Waals surface area contributed by atoms with Gasteiger partial charge >= 0.3 is 6.03 Å². The van der Waals surface area contributed by atoms with Gasteiger partial charge in [-0.3, -0.25) is 0 Å². The smallest absolute Gasteiger partial charge is 0.317 e. The minimum Gasteiger partial charge on any atom is -0.352 e. The first kappa shape index (κ1) is 20.4. The number of nitrogens with zero attached hydrogens (tertiary/aromatic N) is 6. The molecule has 1 N–H and O–H groups in total. The Bertz CT molecular complexity index is 1060. The van der Waals surface area contributed by atoms with Gasteiger partial charge in [-0.25, -0.2) is 19.4 Å². The van der Waals surface area contributed by atoms with Crippen LogP contribution >= 0.6 is 11.6 Å². The summed E-state index contributed by atoms with van der Waals surface area (Å²) in [5.74, 6) is 1.62. The first-order valence-electron chi connectivity index (χ1n) is 10.3. The zero-order valence-electron chi connectivity index (χ0n) is 17.5. The van der Waals surface area contributed by atoms with E-state index in [1.54, 1.807) is 10.9 Å². The molecule has 4 rings (SSSR count). The molecule has 2 amide bonds. The topological polar surface area (TPSA) is 79.2 Å². The standard InChI is InChI=1S/C21H26ClN7O/c1-4-18-25-19(27-9-11-28(12-10-27)21(30)24-14(2)3)15-13-23-29(20(15)26-18)17-8-6-5-7-16(17)22/h5-8,13-14H,4,9-12H2,1-3H3,(H,24,30). The van der Waals surface area contributed by atoms with Gasteiger partial charge in [0.15, 0.2) is 5.65 Å². The molecule has 8 nitrogen and oxygen atoms in total. The number of urea groups is 1. The van der Waals surface area contributed by atoms with Crippen LogP contribution in [0.2, 0.25) is 5.02 Å². The zero-order valence-corrected chi connectivity index (χ0v) is 18.2. The van der Waals surface area contributed by atoms with E-state index >= 15 is 0 Å². The van der Waals surface area contributed by atoms with Crippen molar-refractivity contribution >= 4 is 34.5 Å². The van der Waals surface area contributed by atoms with Gasteiger partial charge in [-0.15, -0.1) is 0 Å². The number of benzene rings is 1. The summed E-state index contributed by atoms with van der Waals surface area (Å²) in [7, 11) is 0. The zero-order chi connectivity index (χ0) is 21.3. The summed E-state index contributed by atoms with van der Waals surface area (Å²) in [6.45, 7) is 8.67. The summed E-state index contributed by atoms with van der Waals surface area (Å²) in [5, 5.41) is 9.02. The maximum Gasteiger partial charge on any atom is 0.317 e. The van der Waals surface area contributed by atoms with Gasteiger partial charge < -0.3 is 15.1 Å². The minimum absolute atomic E-state index is 0.0155. The molecule has 1 saturated heterocycles. The molecule has 0 atom stereocenters. The van der Waals surface area contributed by atoms with E-state index in [-0.39, 0.29) is 12.1 Å². The van der Waals surface area contributed by atoms with Crippen molar-refractivity contribution in [3.05, 3.63) is 41.3 Å². The number of amides is 2. The Balaban J connectivity index is 1.66. The van der Waals surface area contributed by atoms with Crippen molar-refractivity contribution in [1.29, 1.82) is 0 Å². The van der Waals surface area contributed by atoms with E-state index < -0.39 is 0 Å². The monoisotopic (exact) mass is 427 g/mol. The predicted molar refractivity (Wildman–Crippen MR) is 119 cm³/mol. The van der Waals surface area contributed by atoms with Crippen molar-refractivity contribution < 1.29 is 4.79 Å². The number of hydrogen-bond donors (Lipinski definition) is 1.